The lowest BCUT2D eigenvalue weighted by molar-refractivity contribution is 0.175. The van der Waals surface area contributed by atoms with Crippen LogP contribution in [-0.2, 0) is 11.4 Å². The Kier molecular flexibility index (Phi) is 6.93. The highest BCUT2D eigenvalue weighted by Gasteiger charge is 2.34. The van der Waals surface area contributed by atoms with E-state index in [0.717, 1.165) is 51.3 Å². The minimum Gasteiger partial charge on any atom is -0.493 e. The number of allylic oxidation sites excluding steroid dienone is 1. The summed E-state index contributed by atoms with van der Waals surface area (Å²) in [5, 5.41) is 5.56. The van der Waals surface area contributed by atoms with Crippen LogP contribution < -0.4 is 14.2 Å². The fourth-order valence-electron chi connectivity index (χ4n) is 4.26. The molecule has 4 rings (SSSR count). The van der Waals surface area contributed by atoms with Gasteiger partial charge < -0.3 is 28.5 Å². The van der Waals surface area contributed by atoms with Crippen LogP contribution in [0.1, 0.15) is 11.1 Å². The summed E-state index contributed by atoms with van der Waals surface area (Å²) in [7, 11) is 7.32. The molecule has 0 spiro atoms. The number of hydrogen-bond acceptors (Lipinski definition) is 6. The Balaban J connectivity index is 1.95. The van der Waals surface area contributed by atoms with Crippen LogP contribution in [0.5, 0.6) is 17.2 Å². The average molecular weight is 462 g/mol. The number of fused-ring (bicyclic) bond motifs is 5. The second-order valence-corrected chi connectivity index (χ2v) is 8.23. The van der Waals surface area contributed by atoms with Crippen LogP contribution in [0, 0.1) is 0 Å². The molecule has 0 saturated carbocycles. The number of rotatable bonds is 11. The standard InChI is InChI=1S/C27H31N3O4/c1-7-11-30-22-10-9-18(33-14-12-29(3)4)15-21(22)25-26(28-34-13-8-2)19-16-23(31-5)24(32-6)17-20(19)27(25)30/h7-10,15-17H,1-2,11-14H2,3-6H3/b28-26-. The van der Waals surface area contributed by atoms with E-state index in [-0.39, 0.29) is 0 Å². The second-order valence-electron chi connectivity index (χ2n) is 8.23. The molecule has 7 heteroatoms. The van der Waals surface area contributed by atoms with Gasteiger partial charge in [-0.2, -0.15) is 0 Å². The molecule has 1 aromatic heterocycles. The third-order valence-electron chi connectivity index (χ3n) is 5.77. The summed E-state index contributed by atoms with van der Waals surface area (Å²) in [4.78, 5) is 7.67. The first-order chi connectivity index (χ1) is 16.5. The highest BCUT2D eigenvalue weighted by molar-refractivity contribution is 6.30. The van der Waals surface area contributed by atoms with Crippen molar-refractivity contribution in [2.75, 3.05) is 48.1 Å². The fraction of sp³-hybridized carbons (Fsp3) is 0.296. The quantitative estimate of drug-likeness (QED) is 0.184. The first-order valence-electron chi connectivity index (χ1n) is 11.2. The number of oxime groups is 1. The third-order valence-corrected chi connectivity index (χ3v) is 5.77. The summed E-state index contributed by atoms with van der Waals surface area (Å²) in [6.07, 6.45) is 3.57. The van der Waals surface area contributed by atoms with Crippen molar-refractivity contribution < 1.29 is 19.0 Å². The number of ether oxygens (including phenoxy) is 3. The Hall–Kier alpha value is -3.71. The highest BCUT2D eigenvalue weighted by atomic mass is 16.6. The summed E-state index contributed by atoms with van der Waals surface area (Å²) in [5.41, 5.74) is 5.77. The maximum atomic E-state index is 6.04. The van der Waals surface area contributed by atoms with E-state index >= 15 is 0 Å². The zero-order valence-corrected chi connectivity index (χ0v) is 20.3. The molecule has 1 aliphatic rings. The summed E-state index contributed by atoms with van der Waals surface area (Å²) in [6.45, 7) is 10.1. The Morgan fingerprint density at radius 2 is 1.74 bits per heavy atom. The Bertz CT molecular complexity index is 1260. The monoisotopic (exact) mass is 461 g/mol. The smallest absolute Gasteiger partial charge is 0.161 e. The molecule has 34 heavy (non-hydrogen) atoms. The third kappa shape index (κ3) is 4.15. The van der Waals surface area contributed by atoms with Gasteiger partial charge >= 0.3 is 0 Å². The molecule has 0 aliphatic heterocycles. The van der Waals surface area contributed by atoms with E-state index in [0.29, 0.717) is 31.3 Å². The fourth-order valence-corrected chi connectivity index (χ4v) is 4.26. The van der Waals surface area contributed by atoms with Gasteiger partial charge in [0.1, 0.15) is 24.7 Å². The molecule has 1 heterocycles. The first-order valence-corrected chi connectivity index (χ1v) is 11.2. The van der Waals surface area contributed by atoms with Crippen molar-refractivity contribution in [2.24, 2.45) is 5.16 Å². The Morgan fingerprint density at radius 1 is 1.00 bits per heavy atom. The Labute approximate surface area is 200 Å². The molecular weight excluding hydrogens is 430 g/mol. The van der Waals surface area contributed by atoms with Gasteiger partial charge in [-0.25, -0.2) is 0 Å². The summed E-state index contributed by atoms with van der Waals surface area (Å²) in [5.74, 6) is 2.10. The van der Waals surface area contributed by atoms with E-state index in [1.807, 2.05) is 38.4 Å². The number of nitrogens with zero attached hydrogens (tertiary/aromatic N) is 3. The molecule has 0 bridgehead atoms. The van der Waals surface area contributed by atoms with E-state index in [2.05, 4.69) is 39.9 Å². The van der Waals surface area contributed by atoms with Gasteiger partial charge in [-0.3, -0.25) is 0 Å². The minimum atomic E-state index is 0.311. The molecule has 2 aromatic carbocycles. The molecule has 0 unspecified atom stereocenters. The van der Waals surface area contributed by atoms with Crippen molar-refractivity contribution in [2.45, 2.75) is 6.54 Å². The lowest BCUT2D eigenvalue weighted by Crippen LogP contribution is -2.19. The number of benzene rings is 2. The first kappa shape index (κ1) is 23.4. The maximum Gasteiger partial charge on any atom is 0.161 e. The summed E-state index contributed by atoms with van der Waals surface area (Å²) >= 11 is 0. The molecule has 7 nitrogen and oxygen atoms in total. The van der Waals surface area contributed by atoms with Crippen LogP contribution in [0.4, 0.5) is 0 Å². The predicted molar refractivity (Wildman–Crippen MR) is 137 cm³/mol. The van der Waals surface area contributed by atoms with Crippen molar-refractivity contribution >= 4 is 16.6 Å². The van der Waals surface area contributed by atoms with Gasteiger partial charge in [-0.05, 0) is 44.4 Å². The lowest BCUT2D eigenvalue weighted by atomic mass is 10.1. The van der Waals surface area contributed by atoms with Gasteiger partial charge in [0.2, 0.25) is 0 Å². The molecule has 0 atom stereocenters. The molecule has 0 radical (unpaired) electrons. The highest BCUT2D eigenvalue weighted by Crippen LogP contribution is 2.47. The lowest BCUT2D eigenvalue weighted by Gasteiger charge is -2.14. The summed E-state index contributed by atoms with van der Waals surface area (Å²) in [6, 6.07) is 10.1. The topological polar surface area (TPSA) is 57.5 Å². The van der Waals surface area contributed by atoms with E-state index < -0.39 is 0 Å². The van der Waals surface area contributed by atoms with E-state index in [9.17, 15) is 0 Å². The molecule has 178 valence electrons. The van der Waals surface area contributed by atoms with Gasteiger partial charge in [0, 0.05) is 40.7 Å². The molecule has 0 N–H and O–H groups in total. The van der Waals surface area contributed by atoms with Gasteiger partial charge in [0.25, 0.3) is 0 Å². The average Bonchev–Trinajstić information content (AvgIpc) is 3.31. The van der Waals surface area contributed by atoms with Crippen LogP contribution in [0.25, 0.3) is 22.2 Å². The number of hydrogen-bond donors (Lipinski definition) is 0. The largest absolute Gasteiger partial charge is 0.493 e. The zero-order chi connectivity index (χ0) is 24.2. The molecule has 0 saturated heterocycles. The van der Waals surface area contributed by atoms with E-state index in [1.54, 1.807) is 20.3 Å². The van der Waals surface area contributed by atoms with Gasteiger partial charge in [0.15, 0.2) is 11.5 Å². The molecule has 0 amide bonds. The van der Waals surface area contributed by atoms with Gasteiger partial charge in [0.05, 0.1) is 19.9 Å². The maximum absolute atomic E-state index is 6.04. The summed E-state index contributed by atoms with van der Waals surface area (Å²) < 4.78 is 19.5. The second kappa shape index (κ2) is 10.1. The van der Waals surface area contributed by atoms with Crippen molar-refractivity contribution in [3.63, 3.8) is 0 Å². The van der Waals surface area contributed by atoms with Crippen LogP contribution in [0.2, 0.25) is 0 Å². The van der Waals surface area contributed by atoms with Crippen LogP contribution in [0.3, 0.4) is 0 Å². The zero-order valence-electron chi connectivity index (χ0n) is 20.3. The van der Waals surface area contributed by atoms with Gasteiger partial charge in [-0.15, -0.1) is 6.58 Å². The van der Waals surface area contributed by atoms with Crippen molar-refractivity contribution in [1.82, 2.24) is 9.47 Å². The SMILES string of the molecule is C=CCO/N=C1/c2cc(OC)c(OC)cc2-c2c1c1cc(OCCN(C)C)ccc1n2CC=C. The normalized spacial score (nSPS) is 13.1. The molecule has 3 aromatic rings. The Morgan fingerprint density at radius 3 is 2.38 bits per heavy atom. The predicted octanol–water partition coefficient (Wildman–Crippen LogP) is 4.72. The van der Waals surface area contributed by atoms with Gasteiger partial charge in [-0.1, -0.05) is 23.9 Å². The molecule has 1 aliphatic carbocycles. The van der Waals surface area contributed by atoms with Crippen LogP contribution in [-0.4, -0.2) is 63.3 Å². The number of likely N-dealkylation sites (N-methyl/N-ethyl adjacent to an activating group) is 1. The van der Waals surface area contributed by atoms with Crippen LogP contribution in [0.15, 0.2) is 60.8 Å². The molecule has 0 fully saturated rings. The number of methoxy groups -OCH3 is 2. The van der Waals surface area contributed by atoms with E-state index in [4.69, 9.17) is 19.0 Å². The van der Waals surface area contributed by atoms with Crippen molar-refractivity contribution in [3.05, 3.63) is 66.8 Å². The van der Waals surface area contributed by atoms with Crippen molar-refractivity contribution in [1.29, 1.82) is 0 Å². The van der Waals surface area contributed by atoms with Crippen molar-refractivity contribution in [3.8, 4) is 28.5 Å². The minimum absolute atomic E-state index is 0.311. The van der Waals surface area contributed by atoms with E-state index in [1.165, 1.54) is 0 Å². The molecular formula is C27H31N3O4. The number of aromatic nitrogens is 1. The van der Waals surface area contributed by atoms with Crippen LogP contribution >= 0.6 is 0 Å².